The van der Waals surface area contributed by atoms with Gasteiger partial charge in [0.15, 0.2) is 11.5 Å². The number of nitrogens with one attached hydrogen (secondary N) is 1. The zero-order valence-corrected chi connectivity index (χ0v) is 20.5. The molecular formula is C22H18ClIN2O5S. The summed E-state index contributed by atoms with van der Waals surface area (Å²) in [7, 11) is -4.04. The van der Waals surface area contributed by atoms with Crippen LogP contribution in [0.5, 0.6) is 11.5 Å². The summed E-state index contributed by atoms with van der Waals surface area (Å²) < 4.78 is 36.7. The molecule has 3 aromatic rings. The first-order valence-corrected chi connectivity index (χ1v) is 12.2. The molecule has 32 heavy (non-hydrogen) atoms. The largest absolute Gasteiger partial charge is 0.490 e. The van der Waals surface area contributed by atoms with Gasteiger partial charge in [-0.15, -0.1) is 0 Å². The quantitative estimate of drug-likeness (QED) is 0.176. The van der Waals surface area contributed by atoms with E-state index in [1.807, 2.05) is 22.6 Å². The minimum Gasteiger partial charge on any atom is -0.490 e. The van der Waals surface area contributed by atoms with Crippen molar-refractivity contribution in [2.75, 3.05) is 6.61 Å². The average Bonchev–Trinajstić information content (AvgIpc) is 2.77. The Morgan fingerprint density at radius 2 is 1.81 bits per heavy atom. The van der Waals surface area contributed by atoms with E-state index in [1.54, 1.807) is 61.5 Å². The first-order valence-electron chi connectivity index (χ1n) is 9.35. The lowest BCUT2D eigenvalue weighted by molar-refractivity contribution is 0.0955. The number of benzene rings is 3. The molecule has 1 N–H and O–H groups in total. The van der Waals surface area contributed by atoms with Gasteiger partial charge in [0.25, 0.3) is 5.91 Å². The number of hydrogen-bond acceptors (Lipinski definition) is 6. The van der Waals surface area contributed by atoms with Crippen LogP contribution < -0.4 is 14.3 Å². The Hall–Kier alpha value is -2.63. The fraction of sp³-hybridized carbons (Fsp3) is 0.0909. The highest BCUT2D eigenvalue weighted by molar-refractivity contribution is 14.1. The standard InChI is InChI=1S/C22H18ClIN2O5S/c1-2-30-20-13-15(14-25-26-22(27)16-8-10-17(23)11-9-16)12-19(24)21(20)31-32(28,29)18-6-4-3-5-7-18/h3-14H,2H2,1H3,(H,26,27)/b25-14-. The van der Waals surface area contributed by atoms with Crippen molar-refractivity contribution in [1.29, 1.82) is 0 Å². The summed E-state index contributed by atoms with van der Waals surface area (Å²) in [4.78, 5) is 12.2. The van der Waals surface area contributed by atoms with E-state index in [9.17, 15) is 13.2 Å². The van der Waals surface area contributed by atoms with Crippen molar-refractivity contribution in [3.63, 3.8) is 0 Å². The molecule has 0 saturated carbocycles. The molecule has 0 aliphatic carbocycles. The summed E-state index contributed by atoms with van der Waals surface area (Å²) >= 11 is 7.78. The van der Waals surface area contributed by atoms with Gasteiger partial charge in [0.05, 0.1) is 16.4 Å². The maximum Gasteiger partial charge on any atom is 0.339 e. The molecule has 0 saturated heterocycles. The fourth-order valence-corrected chi connectivity index (χ4v) is 4.57. The number of carbonyl (C=O) groups excluding carboxylic acids is 1. The van der Waals surface area contributed by atoms with Crippen LogP contribution in [0.3, 0.4) is 0 Å². The number of rotatable bonds is 8. The lowest BCUT2D eigenvalue weighted by Crippen LogP contribution is -2.17. The average molecular weight is 585 g/mol. The van der Waals surface area contributed by atoms with E-state index in [0.29, 0.717) is 26.3 Å². The zero-order valence-electron chi connectivity index (χ0n) is 16.8. The predicted molar refractivity (Wildman–Crippen MR) is 131 cm³/mol. The molecule has 0 spiro atoms. The first-order chi connectivity index (χ1) is 15.3. The molecule has 166 valence electrons. The van der Waals surface area contributed by atoms with E-state index < -0.39 is 16.0 Å². The molecule has 3 aromatic carbocycles. The van der Waals surface area contributed by atoms with Crippen LogP contribution in [0.15, 0.2) is 76.7 Å². The van der Waals surface area contributed by atoms with Gasteiger partial charge >= 0.3 is 10.1 Å². The Labute approximate surface area is 204 Å². The van der Waals surface area contributed by atoms with Crippen LogP contribution in [-0.2, 0) is 10.1 Å². The Kier molecular flexibility index (Phi) is 8.10. The number of halogens is 2. The van der Waals surface area contributed by atoms with Crippen LogP contribution in [0.1, 0.15) is 22.8 Å². The molecule has 3 rings (SSSR count). The summed E-state index contributed by atoms with van der Waals surface area (Å²) in [6.07, 6.45) is 1.42. The molecule has 0 radical (unpaired) electrons. The van der Waals surface area contributed by atoms with Crippen molar-refractivity contribution < 1.29 is 22.1 Å². The van der Waals surface area contributed by atoms with Crippen molar-refractivity contribution in [2.45, 2.75) is 11.8 Å². The van der Waals surface area contributed by atoms with E-state index in [-0.39, 0.29) is 16.4 Å². The van der Waals surface area contributed by atoms with Gasteiger partial charge in [-0.05, 0) is 83.6 Å². The van der Waals surface area contributed by atoms with Gasteiger partial charge in [0, 0.05) is 10.6 Å². The summed E-state index contributed by atoms with van der Waals surface area (Å²) in [5.41, 5.74) is 3.42. The van der Waals surface area contributed by atoms with Crippen LogP contribution in [0, 0.1) is 3.57 Å². The molecule has 0 aliphatic heterocycles. The molecule has 0 bridgehead atoms. The number of amides is 1. The highest BCUT2D eigenvalue weighted by atomic mass is 127. The van der Waals surface area contributed by atoms with E-state index in [1.165, 1.54) is 18.3 Å². The minimum absolute atomic E-state index is 0.0359. The molecule has 0 fully saturated rings. The molecule has 0 aromatic heterocycles. The number of nitrogens with zero attached hydrogens (tertiary/aromatic N) is 1. The van der Waals surface area contributed by atoms with Crippen molar-refractivity contribution in [2.24, 2.45) is 5.10 Å². The van der Waals surface area contributed by atoms with Crippen LogP contribution in [-0.4, -0.2) is 27.1 Å². The second-order valence-corrected chi connectivity index (χ2v) is 9.46. The van der Waals surface area contributed by atoms with E-state index in [4.69, 9.17) is 20.5 Å². The van der Waals surface area contributed by atoms with Gasteiger partial charge in [-0.1, -0.05) is 29.8 Å². The SMILES string of the molecule is CCOc1cc(/C=N\NC(=O)c2ccc(Cl)cc2)cc(I)c1OS(=O)(=O)c1ccccc1. The normalized spacial score (nSPS) is 11.3. The molecule has 0 heterocycles. The maximum absolute atomic E-state index is 12.6. The van der Waals surface area contributed by atoms with E-state index >= 15 is 0 Å². The first kappa shape index (κ1) is 24.0. The third-order valence-corrected chi connectivity index (χ3v) is 6.33. The number of carbonyl (C=O) groups is 1. The third-order valence-electron chi connectivity index (χ3n) is 4.04. The molecule has 0 unspecified atom stereocenters. The molecule has 0 aliphatic rings. The van der Waals surface area contributed by atoms with Crippen LogP contribution in [0.4, 0.5) is 0 Å². The van der Waals surface area contributed by atoms with Crippen LogP contribution in [0.25, 0.3) is 0 Å². The minimum atomic E-state index is -4.04. The highest BCUT2D eigenvalue weighted by Gasteiger charge is 2.22. The van der Waals surface area contributed by atoms with Crippen molar-refractivity contribution in [3.05, 3.63) is 86.4 Å². The molecule has 7 nitrogen and oxygen atoms in total. The molecule has 1 amide bonds. The van der Waals surface area contributed by atoms with Crippen molar-refractivity contribution in [1.82, 2.24) is 5.43 Å². The van der Waals surface area contributed by atoms with Gasteiger partial charge in [-0.2, -0.15) is 13.5 Å². The topological polar surface area (TPSA) is 94.1 Å². The molecular weight excluding hydrogens is 567 g/mol. The Bertz CT molecular complexity index is 1230. The lowest BCUT2D eigenvalue weighted by atomic mass is 10.2. The second kappa shape index (κ2) is 10.8. The third kappa shape index (κ3) is 6.21. The van der Waals surface area contributed by atoms with E-state index in [0.717, 1.165) is 0 Å². The number of hydrazone groups is 1. The zero-order chi connectivity index (χ0) is 23.1. The summed E-state index contributed by atoms with van der Waals surface area (Å²) in [5, 5.41) is 4.49. The number of ether oxygens (including phenoxy) is 1. The molecule has 0 atom stereocenters. The van der Waals surface area contributed by atoms with Gasteiger partial charge in [-0.3, -0.25) is 4.79 Å². The number of hydrogen-bond donors (Lipinski definition) is 1. The Morgan fingerprint density at radius 1 is 1.12 bits per heavy atom. The van der Waals surface area contributed by atoms with Gasteiger partial charge in [-0.25, -0.2) is 5.43 Å². The monoisotopic (exact) mass is 584 g/mol. The summed E-state index contributed by atoms with van der Waals surface area (Å²) in [6.45, 7) is 2.07. The fourth-order valence-electron chi connectivity index (χ4n) is 2.58. The summed E-state index contributed by atoms with van der Waals surface area (Å²) in [5.74, 6) is -0.0745. The second-order valence-electron chi connectivity index (χ2n) is 6.32. The lowest BCUT2D eigenvalue weighted by Gasteiger charge is -2.14. The Morgan fingerprint density at radius 3 is 2.47 bits per heavy atom. The maximum atomic E-state index is 12.6. The van der Waals surface area contributed by atoms with Gasteiger partial charge in [0.2, 0.25) is 0 Å². The van der Waals surface area contributed by atoms with Crippen molar-refractivity contribution >= 4 is 56.4 Å². The summed E-state index contributed by atoms with van der Waals surface area (Å²) in [6, 6.07) is 17.5. The van der Waals surface area contributed by atoms with Crippen LogP contribution >= 0.6 is 34.2 Å². The van der Waals surface area contributed by atoms with Gasteiger partial charge < -0.3 is 8.92 Å². The van der Waals surface area contributed by atoms with Crippen molar-refractivity contribution in [3.8, 4) is 11.5 Å². The molecule has 10 heteroatoms. The predicted octanol–water partition coefficient (Wildman–Crippen LogP) is 4.87. The highest BCUT2D eigenvalue weighted by Crippen LogP contribution is 2.36. The van der Waals surface area contributed by atoms with Crippen LogP contribution in [0.2, 0.25) is 5.02 Å². The van der Waals surface area contributed by atoms with E-state index in [2.05, 4.69) is 10.5 Å². The Balaban J connectivity index is 1.81. The van der Waals surface area contributed by atoms with Gasteiger partial charge in [0.1, 0.15) is 4.90 Å². The smallest absolute Gasteiger partial charge is 0.339 e.